The largest absolute Gasteiger partial charge is 0.376 e. The van der Waals surface area contributed by atoms with E-state index in [9.17, 15) is 9.59 Å². The van der Waals surface area contributed by atoms with E-state index in [1.807, 2.05) is 37.3 Å². The van der Waals surface area contributed by atoms with E-state index in [1.54, 1.807) is 0 Å². The average molecular weight is 383 g/mol. The molecule has 0 radical (unpaired) electrons. The molecule has 1 saturated heterocycles. The van der Waals surface area contributed by atoms with Crippen molar-refractivity contribution in [3.8, 4) is 11.1 Å². The number of carbonyl (C=O) groups excluding carboxylic acids is 1. The van der Waals surface area contributed by atoms with Gasteiger partial charge in [0.1, 0.15) is 11.4 Å². The molecule has 7 heteroatoms. The molecular formula is C20H21N3O3S. The van der Waals surface area contributed by atoms with E-state index in [0.29, 0.717) is 16.8 Å². The minimum Gasteiger partial charge on any atom is -0.376 e. The SMILES string of the molecule is Cc1sc2ncn(CC(=O)NC[C@H]3CCCO3)c(=O)c2c1-c1ccccc1. The Morgan fingerprint density at radius 2 is 2.19 bits per heavy atom. The second kappa shape index (κ2) is 7.62. The molecule has 0 aliphatic carbocycles. The number of carbonyl (C=O) groups is 1. The van der Waals surface area contributed by atoms with Gasteiger partial charge in [0, 0.05) is 23.6 Å². The van der Waals surface area contributed by atoms with Crippen molar-refractivity contribution in [3.05, 3.63) is 51.9 Å². The maximum absolute atomic E-state index is 13.1. The van der Waals surface area contributed by atoms with Crippen LogP contribution in [0.25, 0.3) is 21.3 Å². The van der Waals surface area contributed by atoms with Crippen molar-refractivity contribution >= 4 is 27.5 Å². The number of aryl methyl sites for hydroxylation is 1. The summed E-state index contributed by atoms with van der Waals surface area (Å²) in [6.07, 6.45) is 3.53. The highest BCUT2D eigenvalue weighted by Crippen LogP contribution is 2.35. The standard InChI is InChI=1S/C20H21N3O3S/c1-13-17(14-6-3-2-4-7-14)18-19(27-13)22-12-23(20(18)25)11-16(24)21-10-15-8-5-9-26-15/h2-4,6-7,12,15H,5,8-11H2,1H3,(H,21,24)/t15-/m1/s1. The first kappa shape index (κ1) is 17.9. The second-order valence-electron chi connectivity index (χ2n) is 6.70. The Hall–Kier alpha value is -2.51. The van der Waals surface area contributed by atoms with Gasteiger partial charge in [-0.1, -0.05) is 30.3 Å². The van der Waals surface area contributed by atoms with Crippen LogP contribution in [-0.4, -0.2) is 34.7 Å². The fraction of sp³-hybridized carbons (Fsp3) is 0.350. The third-order valence-corrected chi connectivity index (χ3v) is 5.80. The predicted octanol–water partition coefficient (Wildman–Crippen LogP) is 2.73. The van der Waals surface area contributed by atoms with Crippen molar-refractivity contribution in [1.82, 2.24) is 14.9 Å². The van der Waals surface area contributed by atoms with E-state index in [4.69, 9.17) is 4.74 Å². The molecule has 1 amide bonds. The van der Waals surface area contributed by atoms with Crippen LogP contribution in [-0.2, 0) is 16.1 Å². The summed E-state index contributed by atoms with van der Waals surface area (Å²) in [4.78, 5) is 31.5. The molecule has 2 aromatic heterocycles. The van der Waals surface area contributed by atoms with Gasteiger partial charge < -0.3 is 10.1 Å². The molecule has 140 valence electrons. The lowest BCUT2D eigenvalue weighted by molar-refractivity contribution is -0.122. The number of rotatable bonds is 5. The van der Waals surface area contributed by atoms with Crippen LogP contribution in [0.4, 0.5) is 0 Å². The lowest BCUT2D eigenvalue weighted by Crippen LogP contribution is -2.36. The summed E-state index contributed by atoms with van der Waals surface area (Å²) in [7, 11) is 0. The molecule has 0 saturated carbocycles. The molecule has 1 N–H and O–H groups in total. The zero-order chi connectivity index (χ0) is 18.8. The normalized spacial score (nSPS) is 16.7. The number of ether oxygens (including phenoxy) is 1. The molecule has 1 aliphatic heterocycles. The van der Waals surface area contributed by atoms with Crippen molar-refractivity contribution in [2.45, 2.75) is 32.4 Å². The van der Waals surface area contributed by atoms with E-state index >= 15 is 0 Å². The minimum absolute atomic E-state index is 0.0440. The van der Waals surface area contributed by atoms with Crippen molar-refractivity contribution in [2.75, 3.05) is 13.2 Å². The van der Waals surface area contributed by atoms with Gasteiger partial charge in [-0.05, 0) is 25.3 Å². The van der Waals surface area contributed by atoms with Crippen LogP contribution in [0.2, 0.25) is 0 Å². The van der Waals surface area contributed by atoms with Gasteiger partial charge in [0.15, 0.2) is 0 Å². The van der Waals surface area contributed by atoms with Crippen LogP contribution in [0.3, 0.4) is 0 Å². The molecular weight excluding hydrogens is 362 g/mol. The van der Waals surface area contributed by atoms with E-state index < -0.39 is 0 Å². The molecule has 1 atom stereocenters. The summed E-state index contributed by atoms with van der Waals surface area (Å²) >= 11 is 1.50. The summed E-state index contributed by atoms with van der Waals surface area (Å²) in [5.74, 6) is -0.207. The Morgan fingerprint density at radius 1 is 1.37 bits per heavy atom. The molecule has 4 rings (SSSR count). The van der Waals surface area contributed by atoms with Gasteiger partial charge in [-0.25, -0.2) is 4.98 Å². The summed E-state index contributed by atoms with van der Waals surface area (Å²) in [6, 6.07) is 9.82. The van der Waals surface area contributed by atoms with Gasteiger partial charge in [0.2, 0.25) is 5.91 Å². The van der Waals surface area contributed by atoms with E-state index in [1.165, 1.54) is 22.2 Å². The summed E-state index contributed by atoms with van der Waals surface area (Å²) in [5, 5.41) is 3.43. The molecule has 0 bridgehead atoms. The first-order valence-corrected chi connectivity index (χ1v) is 9.87. The number of amides is 1. The second-order valence-corrected chi connectivity index (χ2v) is 7.90. The van der Waals surface area contributed by atoms with Crippen molar-refractivity contribution in [3.63, 3.8) is 0 Å². The Bertz CT molecular complexity index is 1020. The van der Waals surface area contributed by atoms with Crippen LogP contribution in [0.5, 0.6) is 0 Å². The average Bonchev–Trinajstić information content (AvgIpc) is 3.30. The third-order valence-electron chi connectivity index (χ3n) is 4.78. The smallest absolute Gasteiger partial charge is 0.263 e. The highest BCUT2D eigenvalue weighted by Gasteiger charge is 2.19. The minimum atomic E-state index is -0.207. The summed E-state index contributed by atoms with van der Waals surface area (Å²) in [5.41, 5.74) is 1.71. The summed E-state index contributed by atoms with van der Waals surface area (Å²) in [6.45, 7) is 3.18. The number of nitrogens with zero attached hydrogens (tertiary/aromatic N) is 2. The number of nitrogens with one attached hydrogen (secondary N) is 1. The Kier molecular flexibility index (Phi) is 5.05. The molecule has 0 unspecified atom stereocenters. The number of hydrogen-bond donors (Lipinski definition) is 1. The van der Waals surface area contributed by atoms with E-state index in [-0.39, 0.29) is 24.1 Å². The lowest BCUT2D eigenvalue weighted by atomic mass is 10.0. The maximum atomic E-state index is 13.1. The van der Waals surface area contributed by atoms with E-state index in [2.05, 4.69) is 10.3 Å². The maximum Gasteiger partial charge on any atom is 0.263 e. The predicted molar refractivity (Wildman–Crippen MR) is 106 cm³/mol. The highest BCUT2D eigenvalue weighted by molar-refractivity contribution is 7.19. The van der Waals surface area contributed by atoms with Gasteiger partial charge in [0.25, 0.3) is 5.56 Å². The highest BCUT2D eigenvalue weighted by atomic mass is 32.1. The molecule has 1 aliphatic rings. The number of thiophene rings is 1. The molecule has 1 fully saturated rings. The molecule has 3 aromatic rings. The van der Waals surface area contributed by atoms with Crippen molar-refractivity contribution in [2.24, 2.45) is 0 Å². The van der Waals surface area contributed by atoms with Crippen LogP contribution in [0.1, 0.15) is 17.7 Å². The number of fused-ring (bicyclic) bond motifs is 1. The fourth-order valence-corrected chi connectivity index (χ4v) is 4.45. The molecule has 0 spiro atoms. The van der Waals surface area contributed by atoms with Gasteiger partial charge in [0.05, 0.1) is 17.8 Å². The van der Waals surface area contributed by atoms with Gasteiger partial charge in [-0.15, -0.1) is 11.3 Å². The number of aromatic nitrogens is 2. The van der Waals surface area contributed by atoms with Crippen LogP contribution < -0.4 is 10.9 Å². The van der Waals surface area contributed by atoms with Gasteiger partial charge >= 0.3 is 0 Å². The molecule has 27 heavy (non-hydrogen) atoms. The first-order valence-electron chi connectivity index (χ1n) is 9.06. The quantitative estimate of drug-likeness (QED) is 0.735. The van der Waals surface area contributed by atoms with Gasteiger partial charge in [-0.2, -0.15) is 0 Å². The summed E-state index contributed by atoms with van der Waals surface area (Å²) < 4.78 is 6.89. The lowest BCUT2D eigenvalue weighted by Gasteiger charge is -2.11. The Balaban J connectivity index is 1.62. The Morgan fingerprint density at radius 3 is 2.93 bits per heavy atom. The van der Waals surface area contributed by atoms with Gasteiger partial charge in [-0.3, -0.25) is 14.2 Å². The van der Waals surface area contributed by atoms with Crippen LogP contribution in [0, 0.1) is 6.92 Å². The Labute approximate surface area is 160 Å². The monoisotopic (exact) mass is 383 g/mol. The van der Waals surface area contributed by atoms with Crippen molar-refractivity contribution in [1.29, 1.82) is 0 Å². The third kappa shape index (κ3) is 3.65. The zero-order valence-corrected chi connectivity index (χ0v) is 15.9. The zero-order valence-electron chi connectivity index (χ0n) is 15.1. The fourth-order valence-electron chi connectivity index (χ4n) is 3.45. The number of hydrogen-bond acceptors (Lipinski definition) is 5. The molecule has 6 nitrogen and oxygen atoms in total. The first-order chi connectivity index (χ1) is 13.1. The van der Waals surface area contributed by atoms with Crippen molar-refractivity contribution < 1.29 is 9.53 Å². The molecule has 3 heterocycles. The van der Waals surface area contributed by atoms with Crippen LogP contribution >= 0.6 is 11.3 Å². The topological polar surface area (TPSA) is 73.2 Å². The molecule has 1 aromatic carbocycles. The number of benzene rings is 1. The van der Waals surface area contributed by atoms with Crippen LogP contribution in [0.15, 0.2) is 41.5 Å². The van der Waals surface area contributed by atoms with E-state index in [0.717, 1.165) is 35.5 Å².